The summed E-state index contributed by atoms with van der Waals surface area (Å²) in [6, 6.07) is 5.57. The van der Waals surface area contributed by atoms with Crippen LogP contribution in [0.1, 0.15) is 38.2 Å². The molecule has 3 unspecified atom stereocenters. The maximum Gasteiger partial charge on any atom is 0.393 e. The summed E-state index contributed by atoms with van der Waals surface area (Å²) in [7, 11) is 0. The summed E-state index contributed by atoms with van der Waals surface area (Å²) in [6.07, 6.45) is -1.39. The van der Waals surface area contributed by atoms with Crippen molar-refractivity contribution in [3.05, 3.63) is 35.6 Å². The number of halogens is 4. The highest BCUT2D eigenvalue weighted by Crippen LogP contribution is 2.37. The first-order valence-corrected chi connectivity index (χ1v) is 7.43. The molecule has 1 fully saturated rings. The molecule has 0 amide bonds. The van der Waals surface area contributed by atoms with Gasteiger partial charge >= 0.3 is 6.18 Å². The van der Waals surface area contributed by atoms with E-state index in [4.69, 9.17) is 0 Å². The predicted molar refractivity (Wildman–Crippen MR) is 74.5 cm³/mol. The van der Waals surface area contributed by atoms with E-state index in [0.717, 1.165) is 12.0 Å². The molecule has 3 atom stereocenters. The van der Waals surface area contributed by atoms with Crippen molar-refractivity contribution in [1.29, 1.82) is 0 Å². The Morgan fingerprint density at radius 2 is 1.95 bits per heavy atom. The molecule has 0 bridgehead atoms. The summed E-state index contributed by atoms with van der Waals surface area (Å²) >= 11 is 0. The fourth-order valence-corrected chi connectivity index (χ4v) is 3.16. The van der Waals surface area contributed by atoms with Gasteiger partial charge in [0.15, 0.2) is 0 Å². The summed E-state index contributed by atoms with van der Waals surface area (Å²) in [5.74, 6) is -1.58. The quantitative estimate of drug-likeness (QED) is 0.809. The summed E-state index contributed by atoms with van der Waals surface area (Å²) in [6.45, 7) is 1.85. The monoisotopic (exact) mass is 303 g/mol. The number of benzene rings is 1. The van der Waals surface area contributed by atoms with Crippen molar-refractivity contribution >= 4 is 0 Å². The molecule has 1 aliphatic carbocycles. The zero-order valence-electron chi connectivity index (χ0n) is 12.1. The SMILES string of the molecule is CC(Cc1cccc(F)c1)NC1CCCCC1C(F)(F)F. The highest BCUT2D eigenvalue weighted by Gasteiger charge is 2.45. The van der Waals surface area contributed by atoms with E-state index in [1.54, 1.807) is 12.1 Å². The molecule has 5 heteroatoms. The molecular formula is C16H21F4N. The minimum absolute atomic E-state index is 0.111. The molecule has 0 aliphatic heterocycles. The Morgan fingerprint density at radius 1 is 1.24 bits per heavy atom. The molecule has 1 N–H and O–H groups in total. The third-order valence-electron chi connectivity index (χ3n) is 4.12. The van der Waals surface area contributed by atoms with Gasteiger partial charge in [-0.25, -0.2) is 4.39 Å². The molecule has 0 spiro atoms. The van der Waals surface area contributed by atoms with E-state index in [0.29, 0.717) is 19.3 Å². The van der Waals surface area contributed by atoms with Gasteiger partial charge in [0.2, 0.25) is 0 Å². The maximum atomic E-state index is 13.1. The zero-order chi connectivity index (χ0) is 15.5. The number of alkyl halides is 3. The summed E-state index contributed by atoms with van der Waals surface area (Å²) in [5, 5.41) is 3.10. The van der Waals surface area contributed by atoms with E-state index in [-0.39, 0.29) is 18.3 Å². The first-order valence-electron chi connectivity index (χ1n) is 7.43. The third kappa shape index (κ3) is 4.70. The molecule has 1 aliphatic rings. The largest absolute Gasteiger partial charge is 0.393 e. The van der Waals surface area contributed by atoms with Crippen molar-refractivity contribution in [2.75, 3.05) is 0 Å². The van der Waals surface area contributed by atoms with Crippen molar-refractivity contribution in [2.45, 2.75) is 57.3 Å². The number of nitrogens with one attached hydrogen (secondary N) is 1. The van der Waals surface area contributed by atoms with Gasteiger partial charge in [0, 0.05) is 12.1 Å². The maximum absolute atomic E-state index is 13.1. The molecule has 1 saturated carbocycles. The van der Waals surface area contributed by atoms with E-state index in [2.05, 4.69) is 5.32 Å². The molecule has 0 radical (unpaired) electrons. The average Bonchev–Trinajstić information content (AvgIpc) is 2.37. The van der Waals surface area contributed by atoms with Gasteiger partial charge in [0.1, 0.15) is 5.82 Å². The lowest BCUT2D eigenvalue weighted by atomic mass is 9.83. The number of hydrogen-bond donors (Lipinski definition) is 1. The lowest BCUT2D eigenvalue weighted by Gasteiger charge is -2.35. The molecule has 1 aromatic rings. The van der Waals surface area contributed by atoms with Gasteiger partial charge in [-0.05, 0) is 43.9 Å². The second kappa shape index (κ2) is 6.77. The van der Waals surface area contributed by atoms with Gasteiger partial charge in [0.25, 0.3) is 0 Å². The van der Waals surface area contributed by atoms with E-state index in [1.807, 2.05) is 6.92 Å². The predicted octanol–water partition coefficient (Wildman–Crippen LogP) is 4.47. The Kier molecular flexibility index (Phi) is 5.25. The second-order valence-electron chi connectivity index (χ2n) is 5.94. The highest BCUT2D eigenvalue weighted by molar-refractivity contribution is 5.17. The van der Waals surface area contributed by atoms with Gasteiger partial charge in [-0.15, -0.1) is 0 Å². The summed E-state index contributed by atoms with van der Waals surface area (Å²) < 4.78 is 52.2. The van der Waals surface area contributed by atoms with Crippen LogP contribution in [0.2, 0.25) is 0 Å². The zero-order valence-corrected chi connectivity index (χ0v) is 12.1. The van der Waals surface area contributed by atoms with Crippen LogP contribution < -0.4 is 5.32 Å². The highest BCUT2D eigenvalue weighted by atomic mass is 19.4. The van der Waals surface area contributed by atoms with Crippen LogP contribution in [-0.2, 0) is 6.42 Å². The van der Waals surface area contributed by atoms with E-state index in [1.165, 1.54) is 12.1 Å². The van der Waals surface area contributed by atoms with Crippen LogP contribution in [0.5, 0.6) is 0 Å². The normalized spacial score (nSPS) is 24.8. The average molecular weight is 303 g/mol. The molecule has 21 heavy (non-hydrogen) atoms. The summed E-state index contributed by atoms with van der Waals surface area (Å²) in [4.78, 5) is 0. The molecule has 1 aromatic carbocycles. The number of rotatable bonds is 4. The van der Waals surface area contributed by atoms with Crippen LogP contribution in [-0.4, -0.2) is 18.3 Å². The summed E-state index contributed by atoms with van der Waals surface area (Å²) in [5.41, 5.74) is 0.800. The van der Waals surface area contributed by atoms with Gasteiger partial charge in [0.05, 0.1) is 5.92 Å². The topological polar surface area (TPSA) is 12.0 Å². The Labute approximate surface area is 122 Å². The van der Waals surface area contributed by atoms with Gasteiger partial charge in [-0.1, -0.05) is 25.0 Å². The van der Waals surface area contributed by atoms with Crippen molar-refractivity contribution in [1.82, 2.24) is 5.32 Å². The lowest BCUT2D eigenvalue weighted by Crippen LogP contribution is -2.49. The fraction of sp³-hybridized carbons (Fsp3) is 0.625. The first-order chi connectivity index (χ1) is 9.86. The van der Waals surface area contributed by atoms with E-state index >= 15 is 0 Å². The smallest absolute Gasteiger partial charge is 0.311 e. The molecule has 2 rings (SSSR count). The third-order valence-corrected chi connectivity index (χ3v) is 4.12. The fourth-order valence-electron chi connectivity index (χ4n) is 3.16. The Hall–Kier alpha value is -1.10. The minimum atomic E-state index is -4.14. The van der Waals surface area contributed by atoms with Crippen molar-refractivity contribution < 1.29 is 17.6 Å². The molecule has 0 saturated heterocycles. The van der Waals surface area contributed by atoms with Crippen molar-refractivity contribution in [2.24, 2.45) is 5.92 Å². The molecule has 0 heterocycles. The van der Waals surface area contributed by atoms with Crippen LogP contribution in [0.3, 0.4) is 0 Å². The second-order valence-corrected chi connectivity index (χ2v) is 5.94. The van der Waals surface area contributed by atoms with Gasteiger partial charge in [-0.3, -0.25) is 0 Å². The molecular weight excluding hydrogens is 282 g/mol. The van der Waals surface area contributed by atoms with Crippen LogP contribution in [0.4, 0.5) is 17.6 Å². The molecule has 118 valence electrons. The first kappa shape index (κ1) is 16.3. The Bertz CT molecular complexity index is 458. The van der Waals surface area contributed by atoms with Gasteiger partial charge < -0.3 is 5.32 Å². The molecule has 1 nitrogen and oxygen atoms in total. The molecule has 0 aromatic heterocycles. The van der Waals surface area contributed by atoms with Crippen LogP contribution in [0.15, 0.2) is 24.3 Å². The van der Waals surface area contributed by atoms with Crippen LogP contribution in [0.25, 0.3) is 0 Å². The van der Waals surface area contributed by atoms with E-state index < -0.39 is 18.1 Å². The lowest BCUT2D eigenvalue weighted by molar-refractivity contribution is -0.189. The Morgan fingerprint density at radius 3 is 2.62 bits per heavy atom. The number of hydrogen-bond acceptors (Lipinski definition) is 1. The van der Waals surface area contributed by atoms with Crippen molar-refractivity contribution in [3.63, 3.8) is 0 Å². The van der Waals surface area contributed by atoms with Crippen LogP contribution >= 0.6 is 0 Å². The standard InChI is InChI=1S/C16H21F4N/c1-11(9-12-5-4-6-13(17)10-12)21-15-8-3-2-7-14(15)16(18,19)20/h4-6,10-11,14-15,21H,2-3,7-9H2,1H3. The van der Waals surface area contributed by atoms with Crippen LogP contribution in [0, 0.1) is 11.7 Å². The van der Waals surface area contributed by atoms with Gasteiger partial charge in [-0.2, -0.15) is 13.2 Å². The van der Waals surface area contributed by atoms with E-state index in [9.17, 15) is 17.6 Å². The Balaban J connectivity index is 1.95. The van der Waals surface area contributed by atoms with Crippen molar-refractivity contribution in [3.8, 4) is 0 Å². The minimum Gasteiger partial charge on any atom is -0.311 e.